The van der Waals surface area contributed by atoms with Crippen LogP contribution >= 0.6 is 15.9 Å². The second kappa shape index (κ2) is 4.58. The van der Waals surface area contributed by atoms with Gasteiger partial charge in [0.05, 0.1) is 34.7 Å². The molecule has 0 amide bonds. The summed E-state index contributed by atoms with van der Waals surface area (Å²) in [5.41, 5.74) is 7.46. The van der Waals surface area contributed by atoms with Crippen molar-refractivity contribution in [3.8, 4) is 5.69 Å². The van der Waals surface area contributed by atoms with Crippen molar-refractivity contribution in [3.63, 3.8) is 0 Å². The third-order valence-electron chi connectivity index (χ3n) is 2.25. The monoisotopic (exact) mass is 295 g/mol. The number of anilines is 1. The van der Waals surface area contributed by atoms with Gasteiger partial charge in [-0.25, -0.2) is 9.48 Å². The molecule has 2 N–H and O–H groups in total. The van der Waals surface area contributed by atoms with Crippen molar-refractivity contribution in [1.29, 1.82) is 0 Å². The molecular weight excluding hydrogens is 286 g/mol. The molecule has 88 valence electrons. The summed E-state index contributed by atoms with van der Waals surface area (Å²) in [6.07, 6.45) is 3.44. The van der Waals surface area contributed by atoms with E-state index in [1.807, 2.05) is 0 Å². The molecule has 0 saturated carbocycles. The molecule has 0 bridgehead atoms. The SMILES string of the molecule is COC(=O)c1ccc(-n2cc(Br)cn2)c(N)c1. The second-order valence-corrected chi connectivity index (χ2v) is 4.28. The summed E-state index contributed by atoms with van der Waals surface area (Å²) >= 11 is 3.30. The standard InChI is InChI=1S/C11H10BrN3O2/c1-17-11(16)7-2-3-10(9(13)4-7)15-6-8(12)5-14-15/h2-6H,13H2,1H3. The van der Waals surface area contributed by atoms with Crippen molar-refractivity contribution >= 4 is 27.6 Å². The highest BCUT2D eigenvalue weighted by Crippen LogP contribution is 2.20. The van der Waals surface area contributed by atoms with E-state index in [0.29, 0.717) is 16.9 Å². The number of carbonyl (C=O) groups excluding carboxylic acids is 1. The number of halogens is 1. The third kappa shape index (κ3) is 2.31. The molecule has 0 aliphatic rings. The van der Waals surface area contributed by atoms with Crippen LogP contribution in [-0.4, -0.2) is 22.9 Å². The van der Waals surface area contributed by atoms with E-state index in [-0.39, 0.29) is 0 Å². The van der Waals surface area contributed by atoms with Gasteiger partial charge in [0.15, 0.2) is 0 Å². The molecule has 2 rings (SSSR count). The van der Waals surface area contributed by atoms with Crippen LogP contribution in [0.1, 0.15) is 10.4 Å². The molecule has 1 aromatic carbocycles. The molecule has 0 fully saturated rings. The Morgan fingerprint density at radius 1 is 1.53 bits per heavy atom. The first kappa shape index (κ1) is 11.7. The predicted octanol–water partition coefficient (Wildman–Crippen LogP) is 2.00. The van der Waals surface area contributed by atoms with Crippen LogP contribution in [0.4, 0.5) is 5.69 Å². The first-order valence-corrected chi connectivity index (χ1v) is 5.59. The summed E-state index contributed by atoms with van der Waals surface area (Å²) in [4.78, 5) is 11.3. The zero-order valence-corrected chi connectivity index (χ0v) is 10.6. The largest absolute Gasteiger partial charge is 0.465 e. The fourth-order valence-corrected chi connectivity index (χ4v) is 1.73. The van der Waals surface area contributed by atoms with Crippen LogP contribution in [0.25, 0.3) is 5.69 Å². The van der Waals surface area contributed by atoms with E-state index in [0.717, 1.165) is 4.47 Å². The first-order valence-electron chi connectivity index (χ1n) is 4.80. The van der Waals surface area contributed by atoms with Crippen LogP contribution in [0.15, 0.2) is 35.1 Å². The molecule has 0 aliphatic heterocycles. The average Bonchev–Trinajstić information content (AvgIpc) is 2.74. The molecule has 0 atom stereocenters. The van der Waals surface area contributed by atoms with E-state index >= 15 is 0 Å². The predicted molar refractivity (Wildman–Crippen MR) is 67.0 cm³/mol. The van der Waals surface area contributed by atoms with E-state index in [4.69, 9.17) is 5.73 Å². The second-order valence-electron chi connectivity index (χ2n) is 3.37. The molecule has 0 saturated heterocycles. The van der Waals surface area contributed by atoms with Gasteiger partial charge in [-0.15, -0.1) is 0 Å². The summed E-state index contributed by atoms with van der Waals surface area (Å²) in [6.45, 7) is 0. The van der Waals surface area contributed by atoms with Gasteiger partial charge in [-0.2, -0.15) is 5.10 Å². The molecular formula is C11H10BrN3O2. The summed E-state index contributed by atoms with van der Waals surface area (Å²) in [7, 11) is 1.33. The normalized spacial score (nSPS) is 10.2. The number of carbonyl (C=O) groups is 1. The van der Waals surface area contributed by atoms with Crippen LogP contribution in [-0.2, 0) is 4.74 Å². The molecule has 0 unspecified atom stereocenters. The Kier molecular flexibility index (Phi) is 3.14. The van der Waals surface area contributed by atoms with Crippen molar-refractivity contribution in [3.05, 3.63) is 40.6 Å². The Balaban J connectivity index is 2.41. The van der Waals surface area contributed by atoms with Gasteiger partial charge in [0, 0.05) is 6.20 Å². The van der Waals surface area contributed by atoms with Gasteiger partial charge in [-0.05, 0) is 34.1 Å². The lowest BCUT2D eigenvalue weighted by atomic mass is 10.2. The zero-order valence-electron chi connectivity index (χ0n) is 9.05. The highest BCUT2D eigenvalue weighted by atomic mass is 79.9. The number of hydrogen-bond donors (Lipinski definition) is 1. The Labute approximate surface area is 106 Å². The Morgan fingerprint density at radius 3 is 2.82 bits per heavy atom. The molecule has 1 aromatic heterocycles. The van der Waals surface area contributed by atoms with E-state index in [9.17, 15) is 4.79 Å². The molecule has 17 heavy (non-hydrogen) atoms. The number of benzene rings is 1. The quantitative estimate of drug-likeness (QED) is 0.679. The Bertz CT molecular complexity index is 566. The number of nitrogens with zero attached hydrogens (tertiary/aromatic N) is 2. The molecule has 0 radical (unpaired) electrons. The first-order chi connectivity index (χ1) is 8.11. The lowest BCUT2D eigenvalue weighted by Crippen LogP contribution is -2.05. The van der Waals surface area contributed by atoms with Crippen molar-refractivity contribution < 1.29 is 9.53 Å². The molecule has 6 heteroatoms. The average molecular weight is 296 g/mol. The highest BCUT2D eigenvalue weighted by Gasteiger charge is 2.09. The summed E-state index contributed by atoms with van der Waals surface area (Å²) in [5, 5.41) is 4.12. The Morgan fingerprint density at radius 2 is 2.29 bits per heavy atom. The maximum absolute atomic E-state index is 11.3. The van der Waals surface area contributed by atoms with Gasteiger partial charge >= 0.3 is 5.97 Å². The van der Waals surface area contributed by atoms with Gasteiger partial charge in [0.25, 0.3) is 0 Å². The fourth-order valence-electron chi connectivity index (χ4n) is 1.44. The zero-order chi connectivity index (χ0) is 12.4. The number of hydrogen-bond acceptors (Lipinski definition) is 4. The molecule has 5 nitrogen and oxygen atoms in total. The van der Waals surface area contributed by atoms with Crippen molar-refractivity contribution in [2.24, 2.45) is 0 Å². The number of nitrogens with two attached hydrogens (primary N) is 1. The molecule has 1 heterocycles. The number of nitrogen functional groups attached to an aromatic ring is 1. The van der Waals surface area contributed by atoms with Gasteiger partial charge in [-0.3, -0.25) is 0 Å². The fraction of sp³-hybridized carbons (Fsp3) is 0.0909. The van der Waals surface area contributed by atoms with Crippen molar-refractivity contribution in [2.45, 2.75) is 0 Å². The van der Waals surface area contributed by atoms with Gasteiger partial charge in [0.2, 0.25) is 0 Å². The van der Waals surface area contributed by atoms with Crippen LogP contribution in [0.5, 0.6) is 0 Å². The van der Waals surface area contributed by atoms with Crippen LogP contribution in [0.2, 0.25) is 0 Å². The molecule has 2 aromatic rings. The summed E-state index contributed by atoms with van der Waals surface area (Å²) in [6, 6.07) is 4.94. The van der Waals surface area contributed by atoms with E-state index in [1.165, 1.54) is 7.11 Å². The smallest absolute Gasteiger partial charge is 0.337 e. The topological polar surface area (TPSA) is 70.1 Å². The van der Waals surface area contributed by atoms with Crippen LogP contribution < -0.4 is 5.73 Å². The number of aromatic nitrogens is 2. The van der Waals surface area contributed by atoms with Crippen molar-refractivity contribution in [2.75, 3.05) is 12.8 Å². The Hall–Kier alpha value is -1.82. The van der Waals surface area contributed by atoms with Crippen molar-refractivity contribution in [1.82, 2.24) is 9.78 Å². The number of methoxy groups -OCH3 is 1. The molecule has 0 spiro atoms. The minimum atomic E-state index is -0.412. The summed E-state index contributed by atoms with van der Waals surface area (Å²) in [5.74, 6) is -0.412. The number of esters is 1. The maximum atomic E-state index is 11.3. The van der Waals surface area contributed by atoms with Gasteiger partial charge in [0.1, 0.15) is 0 Å². The highest BCUT2D eigenvalue weighted by molar-refractivity contribution is 9.10. The molecule has 0 aliphatic carbocycles. The minimum absolute atomic E-state index is 0.412. The van der Waals surface area contributed by atoms with Gasteiger partial charge < -0.3 is 10.5 Å². The third-order valence-corrected chi connectivity index (χ3v) is 2.66. The minimum Gasteiger partial charge on any atom is -0.465 e. The lowest BCUT2D eigenvalue weighted by molar-refractivity contribution is 0.0601. The summed E-state index contributed by atoms with van der Waals surface area (Å²) < 4.78 is 7.10. The van der Waals surface area contributed by atoms with Gasteiger partial charge in [-0.1, -0.05) is 0 Å². The van der Waals surface area contributed by atoms with Crippen LogP contribution in [0.3, 0.4) is 0 Å². The number of ether oxygens (including phenoxy) is 1. The lowest BCUT2D eigenvalue weighted by Gasteiger charge is -2.07. The van der Waals surface area contributed by atoms with E-state index in [2.05, 4.69) is 25.8 Å². The number of rotatable bonds is 2. The maximum Gasteiger partial charge on any atom is 0.337 e. The van der Waals surface area contributed by atoms with E-state index in [1.54, 1.807) is 35.3 Å². The van der Waals surface area contributed by atoms with Crippen LogP contribution in [0, 0.1) is 0 Å². The van der Waals surface area contributed by atoms with E-state index < -0.39 is 5.97 Å².